The lowest BCUT2D eigenvalue weighted by Crippen LogP contribution is -2.52. The Bertz CT molecular complexity index is 385. The molecule has 1 aliphatic heterocycles. The maximum Gasteiger partial charge on any atom is 0.326 e. The van der Waals surface area contributed by atoms with Crippen LogP contribution in [0.5, 0.6) is 0 Å². The van der Waals surface area contributed by atoms with Gasteiger partial charge in [-0.1, -0.05) is 24.3 Å². The molecule has 0 unspecified atom stereocenters. The molecule has 0 amide bonds. The van der Waals surface area contributed by atoms with Gasteiger partial charge in [0.25, 0.3) is 5.79 Å². The number of esters is 2. The highest BCUT2D eigenvalue weighted by molar-refractivity contribution is 6.01. The Balaban J connectivity index is 2.18. The van der Waals surface area contributed by atoms with Crippen molar-refractivity contribution >= 4 is 11.9 Å². The number of carbonyl (C=O) groups excluding carboxylic acids is 2. The molecule has 0 atom stereocenters. The minimum Gasteiger partial charge on any atom is -0.422 e. The van der Waals surface area contributed by atoms with Crippen LogP contribution in [0.2, 0.25) is 0 Å². The Hall–Kier alpha value is -1.58. The first kappa shape index (κ1) is 11.9. The molecule has 0 bridgehead atoms. The second-order valence-corrected chi connectivity index (χ2v) is 5.15. The van der Waals surface area contributed by atoms with E-state index in [0.29, 0.717) is 6.42 Å². The third kappa shape index (κ3) is 2.12. The van der Waals surface area contributed by atoms with Gasteiger partial charge in [0.15, 0.2) is 5.41 Å². The van der Waals surface area contributed by atoms with Crippen LogP contribution in [0.25, 0.3) is 0 Å². The molecule has 4 nitrogen and oxygen atoms in total. The predicted octanol–water partition coefficient (Wildman–Crippen LogP) is 1.96. The molecule has 0 N–H and O–H groups in total. The summed E-state index contributed by atoms with van der Waals surface area (Å²) in [5.74, 6) is -2.09. The van der Waals surface area contributed by atoms with Gasteiger partial charge in [0.05, 0.1) is 0 Å². The zero-order valence-corrected chi connectivity index (χ0v) is 10.2. The second-order valence-electron chi connectivity index (χ2n) is 5.15. The molecule has 2 aliphatic rings. The lowest BCUT2D eigenvalue weighted by Gasteiger charge is -2.38. The van der Waals surface area contributed by atoms with E-state index >= 15 is 0 Å². The Labute approximate surface area is 100 Å². The first-order valence-corrected chi connectivity index (χ1v) is 5.65. The molecule has 0 spiro atoms. The van der Waals surface area contributed by atoms with Gasteiger partial charge in [-0.25, -0.2) is 0 Å². The summed E-state index contributed by atoms with van der Waals surface area (Å²) in [6.07, 6.45) is 8.08. The number of carbonyl (C=O) groups is 2. The van der Waals surface area contributed by atoms with Gasteiger partial charge in [-0.3, -0.25) is 9.59 Å². The second kappa shape index (κ2) is 3.72. The topological polar surface area (TPSA) is 52.6 Å². The molecule has 0 aromatic heterocycles. The van der Waals surface area contributed by atoms with E-state index in [1.54, 1.807) is 20.8 Å². The lowest BCUT2D eigenvalue weighted by atomic mass is 9.80. The average molecular weight is 236 g/mol. The molecule has 0 radical (unpaired) electrons. The van der Waals surface area contributed by atoms with E-state index in [9.17, 15) is 9.59 Å². The Kier molecular flexibility index (Phi) is 2.60. The zero-order chi connectivity index (χ0) is 12.7. The maximum atomic E-state index is 12.0. The summed E-state index contributed by atoms with van der Waals surface area (Å²) in [4.78, 5) is 23.9. The van der Waals surface area contributed by atoms with E-state index in [-0.39, 0.29) is 5.92 Å². The van der Waals surface area contributed by atoms with E-state index in [1.807, 2.05) is 24.3 Å². The van der Waals surface area contributed by atoms with Crippen LogP contribution in [-0.2, 0) is 19.1 Å². The average Bonchev–Trinajstić information content (AvgIpc) is 2.66. The van der Waals surface area contributed by atoms with Gasteiger partial charge in [-0.15, -0.1) is 0 Å². The quantitative estimate of drug-likeness (QED) is 0.543. The highest BCUT2D eigenvalue weighted by Gasteiger charge is 2.53. The maximum absolute atomic E-state index is 12.0. The van der Waals surface area contributed by atoms with Crippen LogP contribution in [0.15, 0.2) is 24.3 Å². The Morgan fingerprint density at radius 2 is 1.53 bits per heavy atom. The molecule has 92 valence electrons. The van der Waals surface area contributed by atoms with Crippen LogP contribution in [0.4, 0.5) is 0 Å². The number of ether oxygens (including phenoxy) is 2. The zero-order valence-electron chi connectivity index (χ0n) is 10.2. The van der Waals surface area contributed by atoms with Crippen molar-refractivity contribution in [1.82, 2.24) is 0 Å². The fourth-order valence-corrected chi connectivity index (χ4v) is 2.03. The molecule has 0 aromatic rings. The Morgan fingerprint density at radius 3 is 2.00 bits per heavy atom. The van der Waals surface area contributed by atoms with Gasteiger partial charge < -0.3 is 9.47 Å². The van der Waals surface area contributed by atoms with Crippen LogP contribution >= 0.6 is 0 Å². The van der Waals surface area contributed by atoms with Crippen LogP contribution in [0.3, 0.4) is 0 Å². The summed E-state index contributed by atoms with van der Waals surface area (Å²) >= 11 is 0. The van der Waals surface area contributed by atoms with E-state index in [0.717, 1.165) is 0 Å². The molecule has 0 saturated carbocycles. The highest BCUT2D eigenvalue weighted by Crippen LogP contribution is 2.38. The first-order chi connectivity index (χ1) is 7.83. The standard InChI is InChI=1S/C13H16O4/c1-12(2)16-10(14)13(3,11(15)17-12)8-9-6-4-5-7-9/h4-7,9H,8H2,1-3H3. The molecular formula is C13H16O4. The van der Waals surface area contributed by atoms with Crippen molar-refractivity contribution in [2.75, 3.05) is 0 Å². The summed E-state index contributed by atoms with van der Waals surface area (Å²) in [6, 6.07) is 0. The van der Waals surface area contributed by atoms with Gasteiger partial charge in [0.1, 0.15) is 0 Å². The van der Waals surface area contributed by atoms with Crippen LogP contribution < -0.4 is 0 Å². The summed E-state index contributed by atoms with van der Waals surface area (Å²) in [6.45, 7) is 4.68. The number of allylic oxidation sites excluding steroid dienone is 4. The van der Waals surface area contributed by atoms with Crippen molar-refractivity contribution in [2.45, 2.75) is 33.0 Å². The van der Waals surface area contributed by atoms with Crippen molar-refractivity contribution < 1.29 is 19.1 Å². The van der Waals surface area contributed by atoms with Crippen LogP contribution in [0.1, 0.15) is 27.2 Å². The third-order valence-electron chi connectivity index (χ3n) is 3.05. The molecule has 1 saturated heterocycles. The number of cyclic esters (lactones) is 2. The smallest absolute Gasteiger partial charge is 0.326 e. The molecule has 1 aliphatic carbocycles. The Morgan fingerprint density at radius 1 is 1.06 bits per heavy atom. The van der Waals surface area contributed by atoms with Gasteiger partial charge >= 0.3 is 11.9 Å². The van der Waals surface area contributed by atoms with Gasteiger partial charge in [0.2, 0.25) is 0 Å². The summed E-state index contributed by atoms with van der Waals surface area (Å²) in [5.41, 5.74) is -1.21. The molecule has 2 rings (SSSR count). The molecule has 17 heavy (non-hydrogen) atoms. The molecule has 1 fully saturated rings. The summed E-state index contributed by atoms with van der Waals surface area (Å²) < 4.78 is 10.3. The van der Waals surface area contributed by atoms with Gasteiger partial charge in [0, 0.05) is 13.8 Å². The van der Waals surface area contributed by atoms with E-state index in [1.165, 1.54) is 0 Å². The van der Waals surface area contributed by atoms with E-state index < -0.39 is 23.1 Å². The van der Waals surface area contributed by atoms with Crippen molar-refractivity contribution in [3.05, 3.63) is 24.3 Å². The normalized spacial score (nSPS) is 25.8. The highest BCUT2D eigenvalue weighted by atomic mass is 16.7. The first-order valence-electron chi connectivity index (χ1n) is 5.65. The van der Waals surface area contributed by atoms with E-state index in [4.69, 9.17) is 9.47 Å². The minimum atomic E-state index is -1.21. The monoisotopic (exact) mass is 236 g/mol. The van der Waals surface area contributed by atoms with Crippen LogP contribution in [0, 0.1) is 11.3 Å². The van der Waals surface area contributed by atoms with Crippen molar-refractivity contribution in [3.8, 4) is 0 Å². The summed E-state index contributed by atoms with van der Waals surface area (Å²) in [7, 11) is 0. The lowest BCUT2D eigenvalue weighted by molar-refractivity contribution is -0.250. The fraction of sp³-hybridized carbons (Fsp3) is 0.538. The SMILES string of the molecule is CC1(C)OC(=O)C(C)(CC2C=CC=C2)C(=O)O1. The predicted molar refractivity (Wildman–Crippen MR) is 60.8 cm³/mol. The number of hydrogen-bond donors (Lipinski definition) is 0. The van der Waals surface area contributed by atoms with Gasteiger partial charge in [-0.2, -0.15) is 0 Å². The molecule has 4 heteroatoms. The van der Waals surface area contributed by atoms with Gasteiger partial charge in [-0.05, 0) is 19.3 Å². The summed E-state index contributed by atoms with van der Waals surface area (Å²) in [5, 5.41) is 0. The number of hydrogen-bond acceptors (Lipinski definition) is 4. The number of rotatable bonds is 2. The van der Waals surface area contributed by atoms with E-state index in [2.05, 4.69) is 0 Å². The molecular weight excluding hydrogens is 220 g/mol. The fourth-order valence-electron chi connectivity index (χ4n) is 2.03. The molecule has 0 aromatic carbocycles. The largest absolute Gasteiger partial charge is 0.422 e. The molecule has 1 heterocycles. The third-order valence-corrected chi connectivity index (χ3v) is 3.05. The van der Waals surface area contributed by atoms with Crippen molar-refractivity contribution in [3.63, 3.8) is 0 Å². The van der Waals surface area contributed by atoms with Crippen LogP contribution in [-0.4, -0.2) is 17.7 Å². The van der Waals surface area contributed by atoms with Crippen molar-refractivity contribution in [2.24, 2.45) is 11.3 Å². The van der Waals surface area contributed by atoms with Crippen molar-refractivity contribution in [1.29, 1.82) is 0 Å². The minimum absolute atomic E-state index is 0.0845.